The molecule has 1 aliphatic heterocycles. The first-order valence-corrected chi connectivity index (χ1v) is 8.04. The number of furan rings is 1. The average Bonchev–Trinajstić information content (AvgIpc) is 2.94. The van der Waals surface area contributed by atoms with Gasteiger partial charge in [0.2, 0.25) is 0 Å². The van der Waals surface area contributed by atoms with E-state index in [1.54, 1.807) is 6.07 Å². The lowest BCUT2D eigenvalue weighted by Gasteiger charge is -2.31. The monoisotopic (exact) mass is 347 g/mol. The molecule has 1 N–H and O–H groups in total. The average molecular weight is 347 g/mol. The summed E-state index contributed by atoms with van der Waals surface area (Å²) in [5.74, 6) is -1.10. The smallest absolute Gasteiger partial charge is 0.408 e. The first-order valence-electron chi connectivity index (χ1n) is 8.04. The molecule has 8 heteroatoms. The Hall–Kier alpha value is -1.54. The van der Waals surface area contributed by atoms with Gasteiger partial charge in [-0.15, -0.1) is 0 Å². The molecule has 1 aromatic heterocycles. The predicted octanol–water partition coefficient (Wildman–Crippen LogP) is 2.34. The number of carbonyl (C=O) groups is 1. The molecule has 2 rings (SSSR count). The Labute approximate surface area is 139 Å². The largest absolute Gasteiger partial charge is 0.455 e. The van der Waals surface area contributed by atoms with Gasteiger partial charge in [0.1, 0.15) is 11.8 Å². The molecule has 0 radical (unpaired) electrons. The van der Waals surface area contributed by atoms with Crippen LogP contribution in [0.2, 0.25) is 0 Å². The van der Waals surface area contributed by atoms with Gasteiger partial charge in [-0.3, -0.25) is 9.69 Å². The van der Waals surface area contributed by atoms with E-state index < -0.39 is 24.0 Å². The topological polar surface area (TPSA) is 48.7 Å². The van der Waals surface area contributed by atoms with Gasteiger partial charge < -0.3 is 14.6 Å². The summed E-state index contributed by atoms with van der Waals surface area (Å²) in [6, 6.07) is 1.18. The number of nitrogens with one attached hydrogen (secondary N) is 1. The van der Waals surface area contributed by atoms with E-state index in [0.29, 0.717) is 12.3 Å². The molecule has 24 heavy (non-hydrogen) atoms. The fraction of sp³-hybridized carbons (Fsp3) is 0.688. The van der Waals surface area contributed by atoms with E-state index in [4.69, 9.17) is 4.42 Å². The van der Waals surface area contributed by atoms with Crippen molar-refractivity contribution in [3.63, 3.8) is 0 Å². The number of alkyl halides is 3. The fourth-order valence-corrected chi connectivity index (χ4v) is 2.65. The molecule has 5 nitrogen and oxygen atoms in total. The highest BCUT2D eigenvalue weighted by Gasteiger charge is 2.43. The lowest BCUT2D eigenvalue weighted by Crippen LogP contribution is -2.48. The minimum absolute atomic E-state index is 0.0889. The van der Waals surface area contributed by atoms with Gasteiger partial charge in [0.15, 0.2) is 5.76 Å². The number of piperazine rings is 1. The van der Waals surface area contributed by atoms with Crippen LogP contribution in [0.1, 0.15) is 30.2 Å². The lowest BCUT2D eigenvalue weighted by molar-refractivity contribution is -0.162. The van der Waals surface area contributed by atoms with Crippen molar-refractivity contribution in [1.82, 2.24) is 15.1 Å². The summed E-state index contributed by atoms with van der Waals surface area (Å²) in [5, 5.41) is 2.02. The second kappa shape index (κ2) is 7.57. The number of hydrogen-bond acceptors (Lipinski definition) is 4. The zero-order valence-corrected chi connectivity index (χ0v) is 14.2. The third-order valence-electron chi connectivity index (χ3n) is 4.17. The fourth-order valence-electron chi connectivity index (χ4n) is 2.65. The van der Waals surface area contributed by atoms with E-state index in [1.807, 2.05) is 5.32 Å². The number of amides is 1. The Kier molecular flexibility index (Phi) is 5.92. The van der Waals surface area contributed by atoms with E-state index in [0.717, 1.165) is 26.2 Å². The third-order valence-corrected chi connectivity index (χ3v) is 4.17. The van der Waals surface area contributed by atoms with Crippen LogP contribution in [-0.4, -0.2) is 61.2 Å². The van der Waals surface area contributed by atoms with Crippen LogP contribution in [-0.2, 0) is 6.54 Å². The predicted molar refractivity (Wildman–Crippen MR) is 83.6 cm³/mol. The van der Waals surface area contributed by atoms with Gasteiger partial charge in [-0.1, -0.05) is 13.8 Å². The van der Waals surface area contributed by atoms with Gasteiger partial charge in [-0.2, -0.15) is 13.2 Å². The van der Waals surface area contributed by atoms with Crippen molar-refractivity contribution in [1.29, 1.82) is 0 Å². The Bertz CT molecular complexity index is 549. The molecule has 0 aromatic carbocycles. The summed E-state index contributed by atoms with van der Waals surface area (Å²) in [6.45, 7) is 7.07. The molecule has 0 saturated carbocycles. The summed E-state index contributed by atoms with van der Waals surface area (Å²) in [6.07, 6.45) is -4.49. The van der Waals surface area contributed by atoms with Gasteiger partial charge in [-0.05, 0) is 25.1 Å². The molecule has 0 bridgehead atoms. The quantitative estimate of drug-likeness (QED) is 0.888. The molecule has 1 saturated heterocycles. The summed E-state index contributed by atoms with van der Waals surface area (Å²) in [5.41, 5.74) is 0. The van der Waals surface area contributed by atoms with Crippen molar-refractivity contribution >= 4 is 5.91 Å². The highest BCUT2D eigenvalue weighted by Crippen LogP contribution is 2.26. The lowest BCUT2D eigenvalue weighted by atomic mass is 10.0. The molecule has 136 valence electrons. The first kappa shape index (κ1) is 18.8. The molecule has 1 aliphatic rings. The van der Waals surface area contributed by atoms with Gasteiger partial charge in [0.25, 0.3) is 5.91 Å². The van der Waals surface area contributed by atoms with E-state index >= 15 is 0 Å². The molecule has 1 amide bonds. The Morgan fingerprint density at radius 1 is 1.25 bits per heavy atom. The van der Waals surface area contributed by atoms with Crippen molar-refractivity contribution < 1.29 is 22.4 Å². The second-order valence-electron chi connectivity index (χ2n) is 6.58. The molecular weight excluding hydrogens is 323 g/mol. The third kappa shape index (κ3) is 4.98. The number of nitrogens with zero attached hydrogens (tertiary/aromatic N) is 2. The maximum Gasteiger partial charge on any atom is 0.408 e. The molecular formula is C16H24F3N3O2. The minimum Gasteiger partial charge on any atom is -0.455 e. The van der Waals surface area contributed by atoms with Crippen LogP contribution in [0.5, 0.6) is 0 Å². The molecule has 0 aliphatic carbocycles. The van der Waals surface area contributed by atoms with Gasteiger partial charge in [-0.25, -0.2) is 0 Å². The number of rotatable bonds is 5. The summed E-state index contributed by atoms with van der Waals surface area (Å²) >= 11 is 0. The Morgan fingerprint density at radius 3 is 2.42 bits per heavy atom. The summed E-state index contributed by atoms with van der Waals surface area (Å²) in [4.78, 5) is 16.4. The van der Waals surface area contributed by atoms with Crippen LogP contribution in [0, 0.1) is 5.92 Å². The Balaban J connectivity index is 1.95. The number of likely N-dealkylation sites (N-methyl/N-ethyl adjacent to an activating group) is 1. The molecule has 1 atom stereocenters. The summed E-state index contributed by atoms with van der Waals surface area (Å²) in [7, 11) is 2.05. The van der Waals surface area contributed by atoms with Crippen LogP contribution < -0.4 is 5.32 Å². The zero-order valence-electron chi connectivity index (χ0n) is 14.2. The van der Waals surface area contributed by atoms with Gasteiger partial charge >= 0.3 is 6.18 Å². The summed E-state index contributed by atoms with van der Waals surface area (Å²) < 4.78 is 44.2. The first-order chi connectivity index (χ1) is 11.2. The van der Waals surface area contributed by atoms with E-state index in [-0.39, 0.29) is 5.76 Å². The molecule has 1 fully saturated rings. The van der Waals surface area contributed by atoms with Crippen molar-refractivity contribution in [2.45, 2.75) is 32.6 Å². The maximum atomic E-state index is 12.9. The molecule has 2 heterocycles. The van der Waals surface area contributed by atoms with Crippen LogP contribution in [0.25, 0.3) is 0 Å². The van der Waals surface area contributed by atoms with E-state index in [1.165, 1.54) is 19.9 Å². The second-order valence-corrected chi connectivity index (χ2v) is 6.58. The molecule has 0 unspecified atom stereocenters. The van der Waals surface area contributed by atoms with E-state index in [2.05, 4.69) is 16.8 Å². The zero-order chi connectivity index (χ0) is 17.9. The van der Waals surface area contributed by atoms with E-state index in [9.17, 15) is 18.0 Å². The number of carbonyl (C=O) groups excluding carboxylic acids is 1. The highest BCUT2D eigenvalue weighted by atomic mass is 19.4. The SMILES string of the molecule is CC(C)[C@@H](NC(=O)c1ccc(CN2CCN(C)CC2)o1)C(F)(F)F. The normalized spacial score (nSPS) is 18.8. The number of halogens is 3. The van der Waals surface area contributed by atoms with Crippen LogP contribution in [0.15, 0.2) is 16.5 Å². The minimum atomic E-state index is -4.49. The Morgan fingerprint density at radius 2 is 1.88 bits per heavy atom. The van der Waals surface area contributed by atoms with Crippen molar-refractivity contribution in [3.8, 4) is 0 Å². The standard InChI is InChI=1S/C16H24F3N3O2/c1-11(2)14(16(17,18)19)20-15(23)13-5-4-12(24-13)10-22-8-6-21(3)7-9-22/h4-5,11,14H,6-10H2,1-3H3,(H,20,23)/t14-/m1/s1. The highest BCUT2D eigenvalue weighted by molar-refractivity contribution is 5.91. The van der Waals surface area contributed by atoms with Crippen LogP contribution in [0.3, 0.4) is 0 Å². The van der Waals surface area contributed by atoms with Crippen molar-refractivity contribution in [3.05, 3.63) is 23.7 Å². The van der Waals surface area contributed by atoms with Crippen molar-refractivity contribution in [2.24, 2.45) is 5.92 Å². The van der Waals surface area contributed by atoms with Gasteiger partial charge in [0, 0.05) is 26.2 Å². The molecule has 0 spiro atoms. The van der Waals surface area contributed by atoms with Gasteiger partial charge in [0.05, 0.1) is 6.54 Å². The maximum absolute atomic E-state index is 12.9. The van der Waals surface area contributed by atoms with Crippen molar-refractivity contribution in [2.75, 3.05) is 33.2 Å². The number of hydrogen-bond donors (Lipinski definition) is 1. The molecule has 1 aromatic rings. The van der Waals surface area contributed by atoms with Crippen LogP contribution >= 0.6 is 0 Å². The van der Waals surface area contributed by atoms with Crippen LogP contribution in [0.4, 0.5) is 13.2 Å².